The van der Waals surface area contributed by atoms with E-state index >= 15 is 0 Å². The fourth-order valence-corrected chi connectivity index (χ4v) is 1.80. The summed E-state index contributed by atoms with van der Waals surface area (Å²) in [7, 11) is 4.27. The van der Waals surface area contributed by atoms with Crippen molar-refractivity contribution in [2.45, 2.75) is 52.4 Å². The second kappa shape index (κ2) is 11.4. The topological polar surface area (TPSA) is 15.3 Å². The smallest absolute Gasteiger partial charge is 0.00127 e. The molecule has 0 fully saturated rings. The van der Waals surface area contributed by atoms with E-state index in [1.54, 1.807) is 0 Å². The highest BCUT2D eigenvalue weighted by atomic mass is 15.0. The minimum atomic E-state index is 0.879. The van der Waals surface area contributed by atoms with Gasteiger partial charge in [0.1, 0.15) is 0 Å². The molecule has 0 rings (SSSR count). The van der Waals surface area contributed by atoms with Gasteiger partial charge in [-0.25, -0.2) is 0 Å². The van der Waals surface area contributed by atoms with Crippen molar-refractivity contribution in [1.29, 1.82) is 0 Å². The van der Waals surface area contributed by atoms with Crippen LogP contribution in [0.25, 0.3) is 0 Å². The highest BCUT2D eigenvalue weighted by Crippen LogP contribution is 2.08. The fourth-order valence-electron chi connectivity index (χ4n) is 1.80. The predicted octanol–water partition coefficient (Wildman–Crippen LogP) is 3.13. The Kier molecular flexibility index (Phi) is 11.3. The third kappa shape index (κ3) is 13.9. The monoisotopic (exact) mass is 228 g/mol. The molecule has 98 valence electrons. The van der Waals surface area contributed by atoms with Crippen molar-refractivity contribution in [3.8, 4) is 0 Å². The maximum atomic E-state index is 3.51. The van der Waals surface area contributed by atoms with Crippen LogP contribution in [0.2, 0.25) is 0 Å². The van der Waals surface area contributed by atoms with Gasteiger partial charge in [-0.1, -0.05) is 39.5 Å². The molecule has 0 aliphatic rings. The largest absolute Gasteiger partial charge is 0.317 e. The van der Waals surface area contributed by atoms with Gasteiger partial charge < -0.3 is 10.2 Å². The van der Waals surface area contributed by atoms with Gasteiger partial charge in [-0.05, 0) is 52.5 Å². The minimum absolute atomic E-state index is 0.879. The molecule has 0 heterocycles. The van der Waals surface area contributed by atoms with Gasteiger partial charge in [0.05, 0.1) is 0 Å². The van der Waals surface area contributed by atoms with Crippen LogP contribution >= 0.6 is 0 Å². The lowest BCUT2D eigenvalue weighted by Crippen LogP contribution is -2.22. The Morgan fingerprint density at radius 2 is 1.50 bits per heavy atom. The zero-order chi connectivity index (χ0) is 12.2. The van der Waals surface area contributed by atoms with Gasteiger partial charge in [0.2, 0.25) is 0 Å². The van der Waals surface area contributed by atoms with Crippen LogP contribution < -0.4 is 5.32 Å². The van der Waals surface area contributed by atoms with Crippen LogP contribution in [0, 0.1) is 5.92 Å². The first-order valence-electron chi connectivity index (χ1n) is 6.98. The van der Waals surface area contributed by atoms with Crippen LogP contribution in [-0.2, 0) is 0 Å². The summed E-state index contributed by atoms with van der Waals surface area (Å²) in [6.07, 6.45) is 8.24. The molecule has 0 saturated carbocycles. The van der Waals surface area contributed by atoms with Gasteiger partial charge in [-0.15, -0.1) is 0 Å². The minimum Gasteiger partial charge on any atom is -0.317 e. The van der Waals surface area contributed by atoms with Crippen LogP contribution in [0.1, 0.15) is 52.4 Å². The second-order valence-electron chi connectivity index (χ2n) is 5.50. The molecule has 0 bridgehead atoms. The average Bonchev–Trinajstić information content (AvgIpc) is 2.20. The summed E-state index contributed by atoms with van der Waals surface area (Å²) in [6.45, 7) is 8.19. The summed E-state index contributed by atoms with van der Waals surface area (Å²) >= 11 is 0. The van der Waals surface area contributed by atoms with E-state index in [2.05, 4.69) is 38.2 Å². The first-order valence-corrected chi connectivity index (χ1v) is 6.98. The molecule has 0 radical (unpaired) electrons. The van der Waals surface area contributed by atoms with Crippen molar-refractivity contribution >= 4 is 0 Å². The first-order chi connectivity index (χ1) is 7.63. The molecule has 2 heteroatoms. The molecule has 16 heavy (non-hydrogen) atoms. The normalized spacial score (nSPS) is 11.6. The Morgan fingerprint density at radius 3 is 2.12 bits per heavy atom. The molecule has 0 atom stereocenters. The Morgan fingerprint density at radius 1 is 0.875 bits per heavy atom. The lowest BCUT2D eigenvalue weighted by atomic mass is 10.0. The zero-order valence-electron chi connectivity index (χ0n) is 11.9. The number of nitrogens with one attached hydrogen (secondary N) is 1. The summed E-state index contributed by atoms with van der Waals surface area (Å²) in [5.41, 5.74) is 0. The molecule has 0 aliphatic heterocycles. The van der Waals surface area contributed by atoms with Crippen LogP contribution in [0.15, 0.2) is 0 Å². The molecular formula is C14H32N2. The van der Waals surface area contributed by atoms with Crippen LogP contribution in [0.5, 0.6) is 0 Å². The van der Waals surface area contributed by atoms with Gasteiger partial charge in [0.25, 0.3) is 0 Å². The highest BCUT2D eigenvalue weighted by molar-refractivity contribution is 4.52. The lowest BCUT2D eigenvalue weighted by Gasteiger charge is -2.09. The molecule has 0 aromatic carbocycles. The summed E-state index contributed by atoms with van der Waals surface area (Å²) in [5.74, 6) is 0.879. The van der Waals surface area contributed by atoms with Crippen molar-refractivity contribution in [3.05, 3.63) is 0 Å². The quantitative estimate of drug-likeness (QED) is 0.547. The maximum absolute atomic E-state index is 3.51. The number of rotatable bonds is 11. The predicted molar refractivity (Wildman–Crippen MR) is 74.0 cm³/mol. The van der Waals surface area contributed by atoms with Gasteiger partial charge >= 0.3 is 0 Å². The van der Waals surface area contributed by atoms with E-state index in [0.717, 1.165) is 5.92 Å². The third-order valence-corrected chi connectivity index (χ3v) is 2.84. The molecule has 0 aromatic heterocycles. The summed E-state index contributed by atoms with van der Waals surface area (Å²) in [6, 6.07) is 0. The number of nitrogens with zero attached hydrogens (tertiary/aromatic N) is 1. The molecular weight excluding hydrogens is 196 g/mol. The van der Waals surface area contributed by atoms with Crippen molar-refractivity contribution in [2.24, 2.45) is 5.92 Å². The average molecular weight is 228 g/mol. The van der Waals surface area contributed by atoms with E-state index < -0.39 is 0 Å². The van der Waals surface area contributed by atoms with Crippen molar-refractivity contribution in [3.63, 3.8) is 0 Å². The second-order valence-corrected chi connectivity index (χ2v) is 5.50. The molecule has 1 N–H and O–H groups in total. The van der Waals surface area contributed by atoms with E-state index in [1.807, 2.05) is 0 Å². The van der Waals surface area contributed by atoms with Crippen LogP contribution in [0.4, 0.5) is 0 Å². The Balaban J connectivity index is 2.93. The van der Waals surface area contributed by atoms with E-state index in [0.29, 0.717) is 0 Å². The Hall–Kier alpha value is -0.0800. The molecule has 0 aromatic rings. The molecule has 0 spiro atoms. The van der Waals surface area contributed by atoms with Gasteiger partial charge in [-0.2, -0.15) is 0 Å². The zero-order valence-corrected chi connectivity index (χ0v) is 11.9. The van der Waals surface area contributed by atoms with Gasteiger partial charge in [0, 0.05) is 0 Å². The van der Waals surface area contributed by atoms with Gasteiger partial charge in [-0.3, -0.25) is 0 Å². The van der Waals surface area contributed by atoms with Crippen molar-refractivity contribution < 1.29 is 0 Å². The molecule has 0 aliphatic carbocycles. The molecule has 0 unspecified atom stereocenters. The van der Waals surface area contributed by atoms with E-state index in [1.165, 1.54) is 58.2 Å². The maximum Gasteiger partial charge on any atom is -0.00127 e. The number of hydrogen-bond acceptors (Lipinski definition) is 2. The highest BCUT2D eigenvalue weighted by Gasteiger charge is 1.94. The Bertz CT molecular complexity index is 117. The summed E-state index contributed by atoms with van der Waals surface area (Å²) < 4.78 is 0. The van der Waals surface area contributed by atoms with E-state index in [4.69, 9.17) is 0 Å². The number of unbranched alkanes of at least 4 members (excludes halogenated alkanes) is 3. The summed E-state index contributed by atoms with van der Waals surface area (Å²) in [4.78, 5) is 2.24. The first kappa shape index (κ1) is 15.9. The van der Waals surface area contributed by atoms with Crippen molar-refractivity contribution in [1.82, 2.24) is 10.2 Å². The van der Waals surface area contributed by atoms with Gasteiger partial charge in [0.15, 0.2) is 0 Å². The van der Waals surface area contributed by atoms with E-state index in [-0.39, 0.29) is 0 Å². The van der Waals surface area contributed by atoms with Crippen molar-refractivity contribution in [2.75, 3.05) is 33.7 Å². The number of hydrogen-bond donors (Lipinski definition) is 1. The fraction of sp³-hybridized carbons (Fsp3) is 1.00. The molecule has 0 saturated heterocycles. The third-order valence-electron chi connectivity index (χ3n) is 2.84. The van der Waals surface area contributed by atoms with E-state index in [9.17, 15) is 0 Å². The summed E-state index contributed by atoms with van der Waals surface area (Å²) in [5, 5.41) is 3.51. The van der Waals surface area contributed by atoms with Crippen LogP contribution in [0.3, 0.4) is 0 Å². The Labute approximate surface area is 103 Å². The molecule has 2 nitrogen and oxygen atoms in total. The molecule has 0 amide bonds. The standard InChI is InChI=1S/C14H32N2/c1-14(2)10-7-5-6-8-11-15-12-9-13-16(3)4/h14-15H,5-13H2,1-4H3. The lowest BCUT2D eigenvalue weighted by molar-refractivity contribution is 0.393. The van der Waals surface area contributed by atoms with Crippen LogP contribution in [-0.4, -0.2) is 38.6 Å². The SMILES string of the molecule is CC(C)CCCCCCNCCCN(C)C.